The van der Waals surface area contributed by atoms with Gasteiger partial charge in [0.25, 0.3) is 0 Å². The average Bonchev–Trinajstić information content (AvgIpc) is 3.35. The highest BCUT2D eigenvalue weighted by Gasteiger charge is 2.47. The van der Waals surface area contributed by atoms with Crippen LogP contribution in [0.25, 0.3) is 11.1 Å². The molecule has 34 heavy (non-hydrogen) atoms. The largest absolute Gasteiger partial charge is 0.480 e. The maximum absolute atomic E-state index is 13.3. The Morgan fingerprint density at radius 3 is 2.24 bits per heavy atom. The lowest BCUT2D eigenvalue weighted by molar-refractivity contribution is -0.156. The van der Waals surface area contributed by atoms with E-state index in [9.17, 15) is 19.5 Å². The van der Waals surface area contributed by atoms with Crippen LogP contribution in [0, 0.1) is 5.92 Å². The summed E-state index contributed by atoms with van der Waals surface area (Å²) in [6, 6.07) is 15.3. The minimum Gasteiger partial charge on any atom is -0.480 e. The molecule has 1 fully saturated rings. The van der Waals surface area contributed by atoms with Crippen molar-refractivity contribution in [3.8, 4) is 11.1 Å². The Morgan fingerprint density at radius 2 is 1.68 bits per heavy atom. The predicted octanol–water partition coefficient (Wildman–Crippen LogP) is 4.41. The second-order valence-electron chi connectivity index (χ2n) is 9.82. The number of aliphatic carboxylic acids is 1. The van der Waals surface area contributed by atoms with Gasteiger partial charge in [-0.3, -0.25) is 4.79 Å². The first-order valence-corrected chi connectivity index (χ1v) is 11.9. The molecule has 0 unspecified atom stereocenters. The van der Waals surface area contributed by atoms with Crippen molar-refractivity contribution in [2.75, 3.05) is 13.2 Å². The number of likely N-dealkylation sites (tertiary alicyclic amines) is 1. The summed E-state index contributed by atoms with van der Waals surface area (Å²) < 4.78 is 5.63. The highest BCUT2D eigenvalue weighted by atomic mass is 16.5. The third kappa shape index (κ3) is 4.39. The molecule has 2 aliphatic rings. The van der Waals surface area contributed by atoms with Crippen molar-refractivity contribution in [3.63, 3.8) is 0 Å². The van der Waals surface area contributed by atoms with E-state index < -0.39 is 23.6 Å². The van der Waals surface area contributed by atoms with Gasteiger partial charge in [-0.15, -0.1) is 0 Å². The van der Waals surface area contributed by atoms with E-state index in [0.717, 1.165) is 22.3 Å². The molecule has 0 radical (unpaired) electrons. The summed E-state index contributed by atoms with van der Waals surface area (Å²) in [6.07, 6.45) is 0.744. The number of carboxylic acid groups (broad SMARTS) is 1. The number of carbonyl (C=O) groups excluding carboxylic acids is 2. The van der Waals surface area contributed by atoms with E-state index in [1.165, 1.54) is 4.90 Å². The molecule has 7 heteroatoms. The summed E-state index contributed by atoms with van der Waals surface area (Å²) >= 11 is 0. The van der Waals surface area contributed by atoms with E-state index in [4.69, 9.17) is 4.74 Å². The number of nitrogens with one attached hydrogen (secondary N) is 1. The number of hydrogen-bond donors (Lipinski definition) is 2. The van der Waals surface area contributed by atoms with Gasteiger partial charge in [0.2, 0.25) is 5.91 Å². The lowest BCUT2D eigenvalue weighted by Gasteiger charge is -2.34. The van der Waals surface area contributed by atoms with Gasteiger partial charge in [-0.05, 0) is 54.4 Å². The molecule has 2 aromatic rings. The Hall–Kier alpha value is -3.35. The second-order valence-corrected chi connectivity index (χ2v) is 9.82. The van der Waals surface area contributed by atoms with Crippen LogP contribution in [0.1, 0.15) is 57.1 Å². The summed E-state index contributed by atoms with van der Waals surface area (Å²) in [5, 5.41) is 12.4. The minimum atomic E-state index is -1.25. The molecule has 2 atom stereocenters. The third-order valence-electron chi connectivity index (χ3n) is 7.01. The zero-order chi connectivity index (χ0) is 24.5. The standard InChI is InChI=1S/C27H32N2O5/c1-17(2)15-23(24(30)29-14-8-13-27(29,3)25(31)32)28-26(33)34-16-22-20-11-6-4-9-18(20)19-10-5-7-12-21(19)22/h4-7,9-12,17,22-23H,8,13-16H2,1-3H3,(H,28,33)(H,31,32)/t23-,27-/m1/s1. The van der Waals surface area contributed by atoms with E-state index in [-0.39, 0.29) is 24.3 Å². The molecule has 0 saturated carbocycles. The first kappa shape index (κ1) is 23.8. The van der Waals surface area contributed by atoms with Crippen LogP contribution in [0.3, 0.4) is 0 Å². The Morgan fingerprint density at radius 1 is 1.09 bits per heavy atom. The number of benzene rings is 2. The van der Waals surface area contributed by atoms with Crippen molar-refractivity contribution in [3.05, 3.63) is 59.7 Å². The van der Waals surface area contributed by atoms with Gasteiger partial charge in [-0.25, -0.2) is 9.59 Å². The molecule has 1 saturated heterocycles. The van der Waals surface area contributed by atoms with Crippen molar-refractivity contribution in [1.29, 1.82) is 0 Å². The fourth-order valence-electron chi connectivity index (χ4n) is 5.20. The lowest BCUT2D eigenvalue weighted by atomic mass is 9.97. The Balaban J connectivity index is 1.46. The third-order valence-corrected chi connectivity index (χ3v) is 7.01. The number of hydrogen-bond acceptors (Lipinski definition) is 4. The minimum absolute atomic E-state index is 0.0775. The van der Waals surface area contributed by atoms with Crippen LogP contribution in [0.5, 0.6) is 0 Å². The molecule has 4 rings (SSSR count). The molecule has 1 aliphatic heterocycles. The van der Waals surface area contributed by atoms with Gasteiger partial charge in [-0.1, -0.05) is 62.4 Å². The van der Waals surface area contributed by atoms with E-state index in [1.54, 1.807) is 6.92 Å². The first-order valence-electron chi connectivity index (χ1n) is 11.9. The summed E-state index contributed by atoms with van der Waals surface area (Å²) in [5.74, 6) is -1.35. The molecule has 2 aromatic carbocycles. The van der Waals surface area contributed by atoms with Crippen LogP contribution in [-0.4, -0.2) is 52.7 Å². The summed E-state index contributed by atoms with van der Waals surface area (Å²) in [6.45, 7) is 6.00. The lowest BCUT2D eigenvalue weighted by Crippen LogP contribution is -2.57. The maximum atomic E-state index is 13.3. The highest BCUT2D eigenvalue weighted by Crippen LogP contribution is 2.44. The topological polar surface area (TPSA) is 95.9 Å². The van der Waals surface area contributed by atoms with Crippen LogP contribution >= 0.6 is 0 Å². The maximum Gasteiger partial charge on any atom is 0.407 e. The molecule has 0 bridgehead atoms. The van der Waals surface area contributed by atoms with Crippen molar-refractivity contribution in [2.24, 2.45) is 5.92 Å². The zero-order valence-electron chi connectivity index (χ0n) is 19.9. The molecular formula is C27H32N2O5. The fraction of sp³-hybridized carbons (Fsp3) is 0.444. The van der Waals surface area contributed by atoms with Gasteiger partial charge in [-0.2, -0.15) is 0 Å². The monoisotopic (exact) mass is 464 g/mol. The second kappa shape index (κ2) is 9.49. The number of fused-ring (bicyclic) bond motifs is 3. The van der Waals surface area contributed by atoms with Gasteiger partial charge in [0.05, 0.1) is 0 Å². The number of rotatable bonds is 7. The molecular weight excluding hydrogens is 432 g/mol. The molecule has 1 aliphatic carbocycles. The number of nitrogens with zero attached hydrogens (tertiary/aromatic N) is 1. The summed E-state index contributed by atoms with van der Waals surface area (Å²) in [5.41, 5.74) is 3.25. The van der Waals surface area contributed by atoms with Crippen LogP contribution in [0.15, 0.2) is 48.5 Å². The SMILES string of the molecule is CC(C)C[C@@H](NC(=O)OCC1c2ccccc2-c2ccccc21)C(=O)N1CCC[C@]1(C)C(=O)O. The van der Waals surface area contributed by atoms with Gasteiger partial charge < -0.3 is 20.1 Å². The van der Waals surface area contributed by atoms with Crippen LogP contribution in [-0.2, 0) is 14.3 Å². The Bertz CT molecular complexity index is 1050. The first-order chi connectivity index (χ1) is 16.2. The molecule has 0 aromatic heterocycles. The van der Waals surface area contributed by atoms with Crippen molar-refractivity contribution in [2.45, 2.75) is 57.5 Å². The molecule has 0 spiro atoms. The van der Waals surface area contributed by atoms with Gasteiger partial charge in [0.15, 0.2) is 0 Å². The van der Waals surface area contributed by atoms with Crippen molar-refractivity contribution >= 4 is 18.0 Å². The number of amides is 2. The average molecular weight is 465 g/mol. The van der Waals surface area contributed by atoms with E-state index in [2.05, 4.69) is 17.4 Å². The fourth-order valence-corrected chi connectivity index (χ4v) is 5.20. The molecule has 2 N–H and O–H groups in total. The van der Waals surface area contributed by atoms with E-state index >= 15 is 0 Å². The van der Waals surface area contributed by atoms with Crippen LogP contribution in [0.4, 0.5) is 4.79 Å². The summed E-state index contributed by atoms with van der Waals surface area (Å²) in [7, 11) is 0. The number of carboxylic acids is 1. The molecule has 7 nitrogen and oxygen atoms in total. The smallest absolute Gasteiger partial charge is 0.407 e. The Labute approximate surface area is 200 Å². The number of carbonyl (C=O) groups is 3. The van der Waals surface area contributed by atoms with Gasteiger partial charge >= 0.3 is 12.1 Å². The van der Waals surface area contributed by atoms with E-state index in [1.807, 2.05) is 50.2 Å². The Kier molecular flexibility index (Phi) is 6.64. The highest BCUT2D eigenvalue weighted by molar-refractivity contribution is 5.91. The molecule has 180 valence electrons. The van der Waals surface area contributed by atoms with E-state index in [0.29, 0.717) is 25.8 Å². The normalized spacial score (nSPS) is 20.1. The van der Waals surface area contributed by atoms with Gasteiger partial charge in [0, 0.05) is 12.5 Å². The number of ether oxygens (including phenoxy) is 1. The van der Waals surface area contributed by atoms with Crippen molar-refractivity contribution in [1.82, 2.24) is 10.2 Å². The van der Waals surface area contributed by atoms with Gasteiger partial charge in [0.1, 0.15) is 18.2 Å². The summed E-state index contributed by atoms with van der Waals surface area (Å²) in [4.78, 5) is 39.4. The quantitative estimate of drug-likeness (QED) is 0.633. The zero-order valence-corrected chi connectivity index (χ0v) is 19.9. The van der Waals surface area contributed by atoms with Crippen LogP contribution < -0.4 is 5.32 Å². The van der Waals surface area contributed by atoms with Crippen LogP contribution in [0.2, 0.25) is 0 Å². The predicted molar refractivity (Wildman–Crippen MR) is 128 cm³/mol. The molecule has 1 heterocycles. The number of alkyl carbamates (subject to hydrolysis) is 1. The van der Waals surface area contributed by atoms with Crippen molar-refractivity contribution < 1.29 is 24.2 Å². The molecule has 2 amide bonds.